The molecule has 1 aliphatic carbocycles. The second-order valence-electron chi connectivity index (χ2n) is 16.7. The molecule has 5 atom stereocenters. The number of fused-ring (bicyclic) bond motifs is 3. The molecule has 3 heterocycles. The van der Waals surface area contributed by atoms with Crippen LogP contribution in [0.2, 0.25) is 5.28 Å². The topological polar surface area (TPSA) is 180 Å². The van der Waals surface area contributed by atoms with Gasteiger partial charge in [0.25, 0.3) is 0 Å². The summed E-state index contributed by atoms with van der Waals surface area (Å²) in [5.41, 5.74) is 1.41. The number of alkyl carbamates (subject to hydrolysis) is 1. The highest BCUT2D eigenvalue weighted by molar-refractivity contribution is 7.87. The number of carbonyl (C=O) groups is 4. The van der Waals surface area contributed by atoms with Crippen molar-refractivity contribution in [1.82, 2.24) is 28.8 Å². The van der Waals surface area contributed by atoms with Crippen molar-refractivity contribution in [2.45, 2.75) is 136 Å². The van der Waals surface area contributed by atoms with Crippen molar-refractivity contribution in [1.29, 1.82) is 0 Å². The molecular weight excluding hydrogens is 748 g/mol. The minimum atomic E-state index is -4.07. The van der Waals surface area contributed by atoms with E-state index in [1.807, 2.05) is 12.2 Å². The molecular formula is C39H59ClN6O8S. The lowest BCUT2D eigenvalue weighted by atomic mass is 9.91. The van der Waals surface area contributed by atoms with Crippen molar-refractivity contribution in [3.63, 3.8) is 0 Å². The molecule has 2 aliphatic heterocycles. The van der Waals surface area contributed by atoms with Crippen molar-refractivity contribution < 1.29 is 37.4 Å². The number of rotatable bonds is 6. The second-order valence-corrected chi connectivity index (χ2v) is 18.9. The summed E-state index contributed by atoms with van der Waals surface area (Å²) < 4.78 is 35.1. The smallest absolute Gasteiger partial charge is 0.408 e. The maximum Gasteiger partial charge on any atom is 0.408 e. The lowest BCUT2D eigenvalue weighted by Crippen LogP contribution is -2.53. The first-order valence-corrected chi connectivity index (χ1v) is 21.0. The monoisotopic (exact) mass is 806 g/mol. The molecule has 306 valence electrons. The number of ether oxygens (including phenoxy) is 1. The largest absolute Gasteiger partial charge is 0.444 e. The lowest BCUT2D eigenvalue weighted by molar-refractivity contribution is -0.140. The number of allylic oxidation sites excluding steroid dienone is 2. The van der Waals surface area contributed by atoms with E-state index in [-0.39, 0.29) is 25.3 Å². The molecule has 3 amide bonds. The van der Waals surface area contributed by atoms with Gasteiger partial charge in [-0.25, -0.2) is 14.5 Å². The van der Waals surface area contributed by atoms with Crippen molar-refractivity contribution >= 4 is 56.5 Å². The average molecular weight is 807 g/mol. The Bertz CT molecular complexity index is 1870. The van der Waals surface area contributed by atoms with Crippen molar-refractivity contribution in [2.75, 3.05) is 20.6 Å². The van der Waals surface area contributed by atoms with Crippen LogP contribution >= 0.6 is 11.6 Å². The minimum absolute atomic E-state index is 0.00205. The van der Waals surface area contributed by atoms with Crippen LogP contribution in [-0.2, 0) is 29.3 Å². The Morgan fingerprint density at radius 1 is 1.11 bits per heavy atom. The van der Waals surface area contributed by atoms with Gasteiger partial charge in [0.15, 0.2) is 5.78 Å². The number of nitrogens with one attached hydrogen (secondary N) is 2. The molecule has 1 aromatic carbocycles. The molecule has 3 aliphatic rings. The number of hydrogen-bond acceptors (Lipinski definition) is 9. The first kappa shape index (κ1) is 44.2. The zero-order valence-corrected chi connectivity index (χ0v) is 35.2. The number of benzene rings is 1. The summed E-state index contributed by atoms with van der Waals surface area (Å²) >= 11 is 6.19. The van der Waals surface area contributed by atoms with Gasteiger partial charge < -0.3 is 24.6 Å². The first-order chi connectivity index (χ1) is 25.6. The molecule has 3 N–H and O–H groups in total. The highest BCUT2D eigenvalue weighted by atomic mass is 35.5. The minimum Gasteiger partial charge on any atom is -0.444 e. The molecule has 2 aromatic rings. The molecule has 14 nitrogen and oxygen atoms in total. The van der Waals surface area contributed by atoms with Gasteiger partial charge in [-0.2, -0.15) is 12.7 Å². The maximum atomic E-state index is 13.6. The number of halogens is 1. The summed E-state index contributed by atoms with van der Waals surface area (Å²) in [6.45, 7) is 13.7. The van der Waals surface area contributed by atoms with E-state index in [0.717, 1.165) is 34.6 Å². The third kappa shape index (κ3) is 10.9. The standard InChI is InChI=1S/C26H42N4O8S.C13H17ClN2/c1-25(2,3)38-24(35)27-19-12-10-8-6-7-9-11-17-14-26(17,23(34)28-39(36,37)29(4)5)15-21(32)20-13-18(31)16-30(20)22(19)33;1-8(2)10-6-5-7-11-12(10)15-13(14)16(11)9(3)4/h9,11,17-20,31H,6-8,10,12-16H2,1-5H3,(H,27,35)(H,28,34);5-9H,1-4H3/b11-9-;/t17-,18-,19+,20+,26-;/m1./s1. The molecule has 5 rings (SSSR count). The van der Waals surface area contributed by atoms with Crippen molar-refractivity contribution in [3.8, 4) is 0 Å². The van der Waals surface area contributed by atoms with Crippen LogP contribution in [0.1, 0.15) is 117 Å². The predicted octanol–water partition coefficient (Wildman–Crippen LogP) is 5.64. The Morgan fingerprint density at radius 3 is 2.42 bits per heavy atom. The van der Waals surface area contributed by atoms with Gasteiger partial charge in [-0.15, -0.1) is 0 Å². The Morgan fingerprint density at radius 2 is 1.80 bits per heavy atom. The molecule has 0 bridgehead atoms. The normalized spacial score (nSPS) is 25.7. The van der Waals surface area contributed by atoms with Gasteiger partial charge in [-0.3, -0.25) is 14.4 Å². The number of para-hydroxylation sites is 1. The summed E-state index contributed by atoms with van der Waals surface area (Å²) in [6, 6.07) is 4.67. The van der Waals surface area contributed by atoms with Crippen LogP contribution in [0, 0.1) is 11.3 Å². The fraction of sp³-hybridized carbons (Fsp3) is 0.667. The Balaban J connectivity index is 0.000000348. The summed E-state index contributed by atoms with van der Waals surface area (Å²) in [5, 5.41) is 13.6. The van der Waals surface area contributed by atoms with E-state index in [9.17, 15) is 32.7 Å². The van der Waals surface area contributed by atoms with E-state index in [2.05, 4.69) is 65.5 Å². The van der Waals surface area contributed by atoms with E-state index in [0.29, 0.717) is 36.5 Å². The fourth-order valence-corrected chi connectivity index (χ4v) is 8.25. The number of aliphatic hydroxyl groups is 1. The van der Waals surface area contributed by atoms with E-state index in [4.69, 9.17) is 16.3 Å². The number of amides is 3. The molecule has 0 spiro atoms. The molecule has 1 aromatic heterocycles. The van der Waals surface area contributed by atoms with Crippen LogP contribution in [0.3, 0.4) is 0 Å². The number of imidazole rings is 1. The number of nitrogens with zero attached hydrogens (tertiary/aromatic N) is 4. The Hall–Kier alpha value is -3.53. The zero-order chi connectivity index (χ0) is 41.0. The highest BCUT2D eigenvalue weighted by Gasteiger charge is 2.61. The quantitative estimate of drug-likeness (QED) is 0.311. The van der Waals surface area contributed by atoms with Crippen LogP contribution in [0.5, 0.6) is 0 Å². The first-order valence-electron chi connectivity index (χ1n) is 19.2. The number of aliphatic hydroxyl groups excluding tert-OH is 1. The number of carbonyl (C=O) groups excluding carboxylic acids is 4. The molecule has 55 heavy (non-hydrogen) atoms. The average Bonchev–Trinajstić information content (AvgIpc) is 3.42. The summed E-state index contributed by atoms with van der Waals surface area (Å²) in [4.78, 5) is 58.8. The van der Waals surface area contributed by atoms with Crippen LogP contribution in [-0.4, -0.2) is 100 Å². The molecule has 2 fully saturated rings. The van der Waals surface area contributed by atoms with Gasteiger partial charge in [0.1, 0.15) is 11.6 Å². The molecule has 1 saturated carbocycles. The zero-order valence-electron chi connectivity index (χ0n) is 33.6. The van der Waals surface area contributed by atoms with E-state index >= 15 is 0 Å². The van der Waals surface area contributed by atoms with E-state index in [1.54, 1.807) is 20.8 Å². The van der Waals surface area contributed by atoms with Crippen LogP contribution in [0.4, 0.5) is 4.79 Å². The number of hydrogen-bond donors (Lipinski definition) is 3. The molecule has 16 heteroatoms. The van der Waals surface area contributed by atoms with Gasteiger partial charge in [0.2, 0.25) is 17.1 Å². The van der Waals surface area contributed by atoms with Gasteiger partial charge in [-0.1, -0.05) is 51.0 Å². The third-order valence-corrected chi connectivity index (χ3v) is 12.0. The molecule has 1 saturated heterocycles. The van der Waals surface area contributed by atoms with Crippen molar-refractivity contribution in [3.05, 3.63) is 41.2 Å². The van der Waals surface area contributed by atoms with E-state index in [1.165, 1.54) is 24.6 Å². The van der Waals surface area contributed by atoms with Gasteiger partial charge >= 0.3 is 16.3 Å². The van der Waals surface area contributed by atoms with Crippen LogP contribution in [0.15, 0.2) is 30.4 Å². The number of aromatic nitrogens is 2. The van der Waals surface area contributed by atoms with Gasteiger partial charge in [-0.05, 0) is 95.4 Å². The van der Waals surface area contributed by atoms with Gasteiger partial charge in [0, 0.05) is 39.5 Å². The highest BCUT2D eigenvalue weighted by Crippen LogP contribution is 2.57. The summed E-state index contributed by atoms with van der Waals surface area (Å²) in [6.07, 6.45) is 5.44. The predicted molar refractivity (Wildman–Crippen MR) is 212 cm³/mol. The number of ketones is 1. The number of Topliss-reactive ketones (excluding diaryl/α,β-unsaturated/α-hetero) is 1. The summed E-state index contributed by atoms with van der Waals surface area (Å²) in [5.74, 6) is -1.54. The molecule has 0 unspecified atom stereocenters. The SMILES string of the molecule is CC(C)c1cccc2c1nc(Cl)n2C(C)C.CN(C)S(=O)(=O)NC(=O)[C@]12CC(=O)[C@@H]3C[C@@H](O)CN3C(=O)[C@@H](NC(=O)OC(C)(C)C)CCCCC/C=C\[C@@H]1C2. The van der Waals surface area contributed by atoms with Crippen molar-refractivity contribution in [2.24, 2.45) is 11.3 Å². The third-order valence-electron chi connectivity index (χ3n) is 10.3. The molecule has 0 radical (unpaired) electrons. The Labute approximate surface area is 330 Å². The Kier molecular flexibility index (Phi) is 14.2. The summed E-state index contributed by atoms with van der Waals surface area (Å²) in [7, 11) is -1.47. The second kappa shape index (κ2) is 17.7. The maximum absolute atomic E-state index is 13.6. The van der Waals surface area contributed by atoms with Crippen LogP contribution in [0.25, 0.3) is 11.0 Å². The van der Waals surface area contributed by atoms with Gasteiger partial charge in [0.05, 0.1) is 28.6 Å². The fourth-order valence-electron chi connectivity index (χ4n) is 7.25. The van der Waals surface area contributed by atoms with Crippen LogP contribution < -0.4 is 10.0 Å². The lowest BCUT2D eigenvalue weighted by Gasteiger charge is -2.30. The van der Waals surface area contributed by atoms with E-state index < -0.39 is 63.1 Å².